The van der Waals surface area contributed by atoms with Crippen molar-refractivity contribution in [1.82, 2.24) is 0 Å². The second-order valence-corrected chi connectivity index (χ2v) is 6.97. The molecule has 26 heavy (non-hydrogen) atoms. The minimum Gasteiger partial charge on any atom is -0.329 e. The molecule has 0 saturated carbocycles. The van der Waals surface area contributed by atoms with Crippen LogP contribution >= 0.6 is 0 Å². The van der Waals surface area contributed by atoms with E-state index in [9.17, 15) is 0 Å². The van der Waals surface area contributed by atoms with E-state index in [1.807, 2.05) is 0 Å². The molecule has 1 heteroatoms. The first-order valence-corrected chi connectivity index (χ1v) is 9.10. The number of para-hydroxylation sites is 1. The normalized spacial score (nSPS) is 18.6. The minimum atomic E-state index is 0.236. The van der Waals surface area contributed by atoms with Gasteiger partial charge in [-0.25, -0.2) is 0 Å². The molecule has 122 valence electrons. The van der Waals surface area contributed by atoms with Crippen LogP contribution in [0.25, 0.3) is 22.4 Å². The van der Waals surface area contributed by atoms with Crippen LogP contribution in [0.5, 0.6) is 0 Å². The van der Waals surface area contributed by atoms with Crippen LogP contribution in [0.2, 0.25) is 0 Å². The number of anilines is 1. The van der Waals surface area contributed by atoms with Crippen molar-refractivity contribution in [1.29, 1.82) is 0 Å². The number of fused-ring (bicyclic) bond motifs is 9. The van der Waals surface area contributed by atoms with Gasteiger partial charge in [0.2, 0.25) is 0 Å². The molecule has 0 bridgehead atoms. The highest BCUT2D eigenvalue weighted by atomic mass is 15.2. The van der Waals surface area contributed by atoms with Crippen LogP contribution in [0.1, 0.15) is 5.56 Å². The molecule has 0 N–H and O–H groups in total. The maximum absolute atomic E-state index is 2.52. The molecule has 0 fully saturated rings. The molecule has 2 heterocycles. The predicted molar refractivity (Wildman–Crippen MR) is 108 cm³/mol. The van der Waals surface area contributed by atoms with E-state index in [0.29, 0.717) is 0 Å². The molecule has 3 aromatic carbocycles. The van der Waals surface area contributed by atoms with Gasteiger partial charge in [0, 0.05) is 22.0 Å². The third kappa shape index (κ3) is 1.70. The number of hydrogen-bond donors (Lipinski definition) is 0. The van der Waals surface area contributed by atoms with Crippen LogP contribution < -0.4 is 15.3 Å². The van der Waals surface area contributed by atoms with Gasteiger partial charge < -0.3 is 4.90 Å². The van der Waals surface area contributed by atoms with Crippen LogP contribution in [0.15, 0.2) is 97.1 Å². The standard InChI is InChI=1S/C25H17N/c1-3-13-21-17(9-1)19-11-5-7-15-23(19)26-24-16-8-6-12-20(24)18-10-2-4-14-22(18)25(21)26/h1-16,23H. The molecule has 1 unspecified atom stereocenters. The highest BCUT2D eigenvalue weighted by Gasteiger charge is 2.34. The minimum absolute atomic E-state index is 0.236. The maximum Gasteiger partial charge on any atom is 0.0785 e. The van der Waals surface area contributed by atoms with Crippen LogP contribution in [-0.4, -0.2) is 6.04 Å². The second-order valence-electron chi connectivity index (χ2n) is 6.97. The lowest BCUT2D eigenvalue weighted by Crippen LogP contribution is -2.49. The van der Waals surface area contributed by atoms with Gasteiger partial charge in [0.05, 0.1) is 11.7 Å². The molecule has 0 saturated heterocycles. The maximum atomic E-state index is 2.52. The summed E-state index contributed by atoms with van der Waals surface area (Å²) < 4.78 is 0. The molecule has 6 rings (SSSR count). The molecule has 1 nitrogen and oxygen atoms in total. The van der Waals surface area contributed by atoms with E-state index in [1.54, 1.807) is 0 Å². The summed E-state index contributed by atoms with van der Waals surface area (Å²) in [7, 11) is 0. The molecule has 1 aliphatic carbocycles. The third-order valence-electron chi connectivity index (χ3n) is 5.65. The Bertz CT molecular complexity index is 1240. The zero-order valence-electron chi connectivity index (χ0n) is 14.3. The summed E-state index contributed by atoms with van der Waals surface area (Å²) in [5.74, 6) is 0. The lowest BCUT2D eigenvalue weighted by Gasteiger charge is -2.42. The third-order valence-corrected chi connectivity index (χ3v) is 5.65. The smallest absolute Gasteiger partial charge is 0.0785 e. The first kappa shape index (κ1) is 13.9. The van der Waals surface area contributed by atoms with Crippen LogP contribution in [0, 0.1) is 0 Å². The Kier molecular flexibility index (Phi) is 2.72. The zero-order valence-corrected chi connectivity index (χ0v) is 14.3. The van der Waals surface area contributed by atoms with Crippen molar-refractivity contribution in [2.45, 2.75) is 6.04 Å². The summed E-state index contributed by atoms with van der Waals surface area (Å²) in [5, 5.41) is 2.67. The number of nitrogens with zero attached hydrogens (tertiary/aromatic N) is 1. The van der Waals surface area contributed by atoms with E-state index in [1.165, 1.54) is 44.1 Å². The van der Waals surface area contributed by atoms with Gasteiger partial charge in [-0.1, -0.05) is 91.0 Å². The van der Waals surface area contributed by atoms with Gasteiger partial charge in [-0.05, 0) is 22.4 Å². The van der Waals surface area contributed by atoms with Gasteiger partial charge >= 0.3 is 0 Å². The first-order valence-electron chi connectivity index (χ1n) is 9.10. The Morgan fingerprint density at radius 2 is 1.31 bits per heavy atom. The molecule has 3 aromatic rings. The largest absolute Gasteiger partial charge is 0.329 e. The quantitative estimate of drug-likeness (QED) is 0.602. The number of hydrogen-bond acceptors (Lipinski definition) is 1. The molecule has 0 spiro atoms. The van der Waals surface area contributed by atoms with Crippen LogP contribution in [0.4, 0.5) is 5.69 Å². The van der Waals surface area contributed by atoms with Crippen LogP contribution in [0.3, 0.4) is 0 Å². The van der Waals surface area contributed by atoms with Crippen molar-refractivity contribution in [2.75, 3.05) is 4.90 Å². The summed E-state index contributed by atoms with van der Waals surface area (Å²) in [6.45, 7) is 0. The second kappa shape index (κ2) is 5.09. The Morgan fingerprint density at radius 1 is 0.615 bits per heavy atom. The topological polar surface area (TPSA) is 3.24 Å². The SMILES string of the molecule is C1=CC2=c3ccccc3=C3c4ccccc4-c4ccccc4N3C2C=C1. The van der Waals surface area contributed by atoms with Gasteiger partial charge in [-0.15, -0.1) is 0 Å². The Morgan fingerprint density at radius 3 is 2.19 bits per heavy atom. The van der Waals surface area contributed by atoms with Gasteiger partial charge in [-0.3, -0.25) is 0 Å². The van der Waals surface area contributed by atoms with Gasteiger partial charge in [0.15, 0.2) is 0 Å². The average Bonchev–Trinajstić information content (AvgIpc) is 2.73. The van der Waals surface area contributed by atoms with Crippen molar-refractivity contribution in [3.05, 3.63) is 113 Å². The molecule has 3 aliphatic rings. The van der Waals surface area contributed by atoms with Crippen molar-refractivity contribution in [3.63, 3.8) is 0 Å². The van der Waals surface area contributed by atoms with E-state index in [4.69, 9.17) is 0 Å². The van der Waals surface area contributed by atoms with Crippen molar-refractivity contribution in [3.8, 4) is 11.1 Å². The summed E-state index contributed by atoms with van der Waals surface area (Å²) >= 11 is 0. The molecular weight excluding hydrogens is 314 g/mol. The summed E-state index contributed by atoms with van der Waals surface area (Å²) in [5.41, 5.74) is 7.94. The Balaban J connectivity index is 1.86. The molecule has 0 amide bonds. The van der Waals surface area contributed by atoms with Crippen molar-refractivity contribution >= 4 is 17.0 Å². The number of benzene rings is 3. The fourth-order valence-electron chi connectivity index (χ4n) is 4.60. The van der Waals surface area contributed by atoms with E-state index in [0.717, 1.165) is 0 Å². The summed E-state index contributed by atoms with van der Waals surface area (Å²) in [4.78, 5) is 2.52. The van der Waals surface area contributed by atoms with E-state index in [2.05, 4.69) is 102 Å². The monoisotopic (exact) mass is 331 g/mol. The Labute approximate surface area is 152 Å². The predicted octanol–water partition coefficient (Wildman–Crippen LogP) is 3.99. The number of allylic oxidation sites excluding steroid dienone is 2. The Hall–Kier alpha value is -3.32. The highest BCUT2D eigenvalue weighted by molar-refractivity contribution is 6.02. The molecule has 1 atom stereocenters. The average molecular weight is 331 g/mol. The van der Waals surface area contributed by atoms with Crippen LogP contribution in [-0.2, 0) is 0 Å². The summed E-state index contributed by atoms with van der Waals surface area (Å²) in [6.07, 6.45) is 8.90. The molecule has 0 radical (unpaired) electrons. The van der Waals surface area contributed by atoms with E-state index in [-0.39, 0.29) is 6.04 Å². The van der Waals surface area contributed by atoms with Crippen molar-refractivity contribution < 1.29 is 0 Å². The van der Waals surface area contributed by atoms with Gasteiger partial charge in [-0.2, -0.15) is 0 Å². The fourth-order valence-corrected chi connectivity index (χ4v) is 4.60. The molecule has 0 aromatic heterocycles. The number of rotatable bonds is 0. The zero-order chi connectivity index (χ0) is 17.1. The molecular formula is C25H17N. The summed E-state index contributed by atoms with van der Waals surface area (Å²) in [6, 6.07) is 26.6. The lowest BCUT2D eigenvalue weighted by atomic mass is 9.84. The van der Waals surface area contributed by atoms with Crippen molar-refractivity contribution in [2.24, 2.45) is 0 Å². The highest BCUT2D eigenvalue weighted by Crippen LogP contribution is 2.46. The lowest BCUT2D eigenvalue weighted by molar-refractivity contribution is 0.934. The van der Waals surface area contributed by atoms with Gasteiger partial charge in [0.25, 0.3) is 0 Å². The fraction of sp³-hybridized carbons (Fsp3) is 0.0400. The molecule has 2 aliphatic heterocycles. The van der Waals surface area contributed by atoms with Gasteiger partial charge in [0.1, 0.15) is 0 Å². The first-order chi connectivity index (χ1) is 12.9. The van der Waals surface area contributed by atoms with E-state index >= 15 is 0 Å². The van der Waals surface area contributed by atoms with E-state index < -0.39 is 0 Å².